The molecule has 2 aliphatic rings. The van der Waals surface area contributed by atoms with E-state index in [9.17, 15) is 5.11 Å². The lowest BCUT2D eigenvalue weighted by atomic mass is 9.68. The van der Waals surface area contributed by atoms with Gasteiger partial charge in [0, 0.05) is 25.3 Å². The van der Waals surface area contributed by atoms with Crippen molar-refractivity contribution in [3.05, 3.63) is 35.4 Å². The number of hydrogen-bond acceptors (Lipinski definition) is 4. The van der Waals surface area contributed by atoms with Gasteiger partial charge in [0.1, 0.15) is 0 Å². The predicted octanol–water partition coefficient (Wildman–Crippen LogP) is 2.71. The van der Waals surface area contributed by atoms with E-state index in [1.807, 2.05) is 12.1 Å². The summed E-state index contributed by atoms with van der Waals surface area (Å²) in [5.74, 6) is -0.384. The summed E-state index contributed by atoms with van der Waals surface area (Å²) >= 11 is 0. The Bertz CT molecular complexity index is 531. The third-order valence-electron chi connectivity index (χ3n) is 5.13. The molecule has 0 amide bonds. The fraction of sp³-hybridized carbons (Fsp3) is 0.667. The van der Waals surface area contributed by atoms with Gasteiger partial charge >= 0.3 is 0 Å². The molecule has 0 bridgehead atoms. The van der Waals surface area contributed by atoms with E-state index in [2.05, 4.69) is 38.1 Å². The van der Waals surface area contributed by atoms with Crippen LogP contribution in [0.25, 0.3) is 0 Å². The van der Waals surface area contributed by atoms with Gasteiger partial charge in [0.15, 0.2) is 5.79 Å². The van der Waals surface area contributed by atoms with Crippen LogP contribution in [0.1, 0.15) is 30.4 Å². The van der Waals surface area contributed by atoms with Gasteiger partial charge in [0.05, 0.1) is 18.8 Å². The third kappa shape index (κ3) is 3.57. The summed E-state index contributed by atoms with van der Waals surface area (Å²) in [6, 6.07) is 8.18. The molecule has 1 aromatic rings. The van der Waals surface area contributed by atoms with Crippen molar-refractivity contribution < 1.29 is 14.6 Å². The van der Waals surface area contributed by atoms with Crippen molar-refractivity contribution in [1.82, 2.24) is 4.90 Å². The average Bonchev–Trinajstić information content (AvgIpc) is 2.92. The van der Waals surface area contributed by atoms with Crippen molar-refractivity contribution >= 4 is 12.4 Å². The summed E-state index contributed by atoms with van der Waals surface area (Å²) < 4.78 is 11.8. The van der Waals surface area contributed by atoms with Crippen LogP contribution >= 0.6 is 12.4 Å². The van der Waals surface area contributed by atoms with Crippen molar-refractivity contribution in [3.8, 4) is 0 Å². The quantitative estimate of drug-likeness (QED) is 0.918. The van der Waals surface area contributed by atoms with E-state index in [-0.39, 0.29) is 18.3 Å². The standard InChI is InChI=1S/C18H27NO3.ClH/c1-14-6-4-5-7-16(14)18(20)9-8-17(21-10-11-22-17)12-15(18)13-19(2)3;/h4-7,15,20H,8-13H2,1-3H3;1H. The fourth-order valence-corrected chi connectivity index (χ4v) is 4.06. The van der Waals surface area contributed by atoms with Crippen molar-refractivity contribution in [3.63, 3.8) is 0 Å². The average molecular weight is 342 g/mol. The summed E-state index contributed by atoms with van der Waals surface area (Å²) in [5, 5.41) is 11.5. The molecule has 1 saturated carbocycles. The monoisotopic (exact) mass is 341 g/mol. The van der Waals surface area contributed by atoms with Crippen LogP contribution in [0.15, 0.2) is 24.3 Å². The van der Waals surface area contributed by atoms with Crippen molar-refractivity contribution in [2.45, 2.75) is 37.6 Å². The molecule has 2 atom stereocenters. The smallest absolute Gasteiger partial charge is 0.169 e. The first-order chi connectivity index (χ1) is 10.5. The van der Waals surface area contributed by atoms with Crippen molar-refractivity contribution in [2.24, 2.45) is 5.92 Å². The molecule has 1 N–H and O–H groups in total. The first-order valence-electron chi connectivity index (χ1n) is 8.16. The maximum absolute atomic E-state index is 11.5. The van der Waals surface area contributed by atoms with Gasteiger partial charge in [0.25, 0.3) is 0 Å². The SMILES string of the molecule is Cc1ccccc1C1(O)CCC2(CC1CN(C)C)OCCO2.Cl. The zero-order valence-electron chi connectivity index (χ0n) is 14.2. The van der Waals surface area contributed by atoms with Gasteiger partial charge in [-0.25, -0.2) is 0 Å². The highest BCUT2D eigenvalue weighted by Gasteiger charge is 2.52. The topological polar surface area (TPSA) is 41.9 Å². The van der Waals surface area contributed by atoms with Crippen molar-refractivity contribution in [1.29, 1.82) is 0 Å². The third-order valence-corrected chi connectivity index (χ3v) is 5.13. The maximum Gasteiger partial charge on any atom is 0.169 e. The number of ether oxygens (including phenoxy) is 2. The summed E-state index contributed by atoms with van der Waals surface area (Å²) in [7, 11) is 4.10. The largest absolute Gasteiger partial charge is 0.385 e. The molecule has 1 aliphatic heterocycles. The van der Waals surface area contributed by atoms with Crippen molar-refractivity contribution in [2.75, 3.05) is 33.9 Å². The molecule has 1 spiro atoms. The first-order valence-corrected chi connectivity index (χ1v) is 8.16. The summed E-state index contributed by atoms with van der Waals surface area (Å²) in [6.45, 7) is 4.22. The van der Waals surface area contributed by atoms with E-state index >= 15 is 0 Å². The number of halogens is 1. The Labute approximate surface area is 145 Å². The van der Waals surface area contributed by atoms with Crippen LogP contribution in [0.5, 0.6) is 0 Å². The fourth-order valence-electron chi connectivity index (χ4n) is 4.06. The highest BCUT2D eigenvalue weighted by molar-refractivity contribution is 5.85. The minimum Gasteiger partial charge on any atom is -0.385 e. The van der Waals surface area contributed by atoms with Gasteiger partial charge in [-0.3, -0.25) is 0 Å². The van der Waals surface area contributed by atoms with Crippen LogP contribution in [0.3, 0.4) is 0 Å². The number of hydrogen-bond donors (Lipinski definition) is 1. The van der Waals surface area contributed by atoms with Gasteiger partial charge in [0.2, 0.25) is 0 Å². The Hall–Kier alpha value is -0.650. The molecule has 2 fully saturated rings. The normalized spacial score (nSPS) is 29.7. The second kappa shape index (κ2) is 7.08. The minimum atomic E-state index is -0.809. The summed E-state index contributed by atoms with van der Waals surface area (Å²) in [5.41, 5.74) is 1.39. The van der Waals surface area contributed by atoms with E-state index in [0.29, 0.717) is 19.6 Å². The predicted molar refractivity (Wildman–Crippen MR) is 92.9 cm³/mol. The van der Waals surface area contributed by atoms with E-state index in [0.717, 1.165) is 30.5 Å². The van der Waals surface area contributed by atoms with Crippen LogP contribution < -0.4 is 0 Å². The molecule has 1 heterocycles. The van der Waals surface area contributed by atoms with E-state index in [1.54, 1.807) is 0 Å². The first kappa shape index (κ1) is 18.7. The van der Waals surface area contributed by atoms with Gasteiger partial charge in [-0.1, -0.05) is 24.3 Å². The van der Waals surface area contributed by atoms with Crippen LogP contribution in [-0.4, -0.2) is 49.6 Å². The number of benzene rings is 1. The molecule has 0 radical (unpaired) electrons. The van der Waals surface area contributed by atoms with E-state index in [1.165, 1.54) is 0 Å². The lowest BCUT2D eigenvalue weighted by molar-refractivity contribution is -0.226. The Morgan fingerprint density at radius 2 is 1.83 bits per heavy atom. The molecule has 5 heteroatoms. The molecule has 4 nitrogen and oxygen atoms in total. The lowest BCUT2D eigenvalue weighted by Gasteiger charge is -2.48. The number of nitrogens with zero attached hydrogens (tertiary/aromatic N) is 1. The van der Waals surface area contributed by atoms with E-state index in [4.69, 9.17) is 9.47 Å². The van der Waals surface area contributed by atoms with Crippen LogP contribution in [0, 0.1) is 12.8 Å². The van der Waals surface area contributed by atoms with Crippen LogP contribution in [0.4, 0.5) is 0 Å². The molecular weight excluding hydrogens is 314 g/mol. The van der Waals surface area contributed by atoms with Crippen LogP contribution in [0.2, 0.25) is 0 Å². The Morgan fingerprint density at radius 3 is 2.43 bits per heavy atom. The second-order valence-corrected chi connectivity index (χ2v) is 7.01. The van der Waals surface area contributed by atoms with Gasteiger partial charge in [-0.05, 0) is 38.6 Å². The van der Waals surface area contributed by atoms with Gasteiger partial charge in [-0.2, -0.15) is 0 Å². The Balaban J connectivity index is 0.00000192. The molecule has 0 aromatic heterocycles. The number of rotatable bonds is 3. The molecule has 1 aliphatic carbocycles. The zero-order valence-corrected chi connectivity index (χ0v) is 15.1. The molecule has 3 rings (SSSR count). The Kier molecular flexibility index (Phi) is 5.75. The highest BCUT2D eigenvalue weighted by atomic mass is 35.5. The minimum absolute atomic E-state index is 0. The van der Waals surface area contributed by atoms with Gasteiger partial charge < -0.3 is 19.5 Å². The molecule has 2 unspecified atom stereocenters. The second-order valence-electron chi connectivity index (χ2n) is 7.01. The highest BCUT2D eigenvalue weighted by Crippen LogP contribution is 2.49. The molecule has 130 valence electrons. The number of aryl methyl sites for hydroxylation is 1. The molecule has 1 aromatic carbocycles. The Morgan fingerprint density at radius 1 is 1.17 bits per heavy atom. The summed E-state index contributed by atoms with van der Waals surface area (Å²) in [4.78, 5) is 2.14. The van der Waals surface area contributed by atoms with E-state index < -0.39 is 11.4 Å². The van der Waals surface area contributed by atoms with Gasteiger partial charge in [-0.15, -0.1) is 12.4 Å². The van der Waals surface area contributed by atoms with Crippen LogP contribution in [-0.2, 0) is 15.1 Å². The maximum atomic E-state index is 11.5. The molecule has 1 saturated heterocycles. The zero-order chi connectivity index (χ0) is 15.8. The summed E-state index contributed by atoms with van der Waals surface area (Å²) in [6.07, 6.45) is 2.17. The number of aliphatic hydroxyl groups is 1. The lowest BCUT2D eigenvalue weighted by Crippen LogP contribution is -2.51. The molecular formula is C18H28ClNO3. The molecule has 23 heavy (non-hydrogen) atoms.